The van der Waals surface area contributed by atoms with Crippen molar-refractivity contribution in [1.29, 1.82) is 0 Å². The van der Waals surface area contributed by atoms with Crippen LogP contribution in [0, 0.1) is 0 Å². The summed E-state index contributed by atoms with van der Waals surface area (Å²) in [5, 5.41) is 9.59. The van der Waals surface area contributed by atoms with Gasteiger partial charge in [0.25, 0.3) is 0 Å². The third-order valence-electron chi connectivity index (χ3n) is 5.67. The number of sulfonamides is 1. The van der Waals surface area contributed by atoms with Gasteiger partial charge in [0.05, 0.1) is 16.0 Å². The molecular weight excluding hydrogens is 467 g/mol. The number of aromatic carboxylic acids is 1. The monoisotopic (exact) mass is 493 g/mol. The fraction of sp³-hybridized carbons (Fsp3) is 0.320. The molecule has 0 saturated carbocycles. The lowest BCUT2D eigenvalue weighted by molar-refractivity contribution is -0.139. The summed E-state index contributed by atoms with van der Waals surface area (Å²) >= 11 is 0. The first kappa shape index (κ1) is 25.7. The second kappa shape index (κ2) is 10.1. The van der Waals surface area contributed by atoms with Crippen LogP contribution in [0.1, 0.15) is 59.7 Å². The van der Waals surface area contributed by atoms with E-state index in [1.54, 1.807) is 6.07 Å². The van der Waals surface area contributed by atoms with Crippen LogP contribution in [0.5, 0.6) is 0 Å². The highest BCUT2D eigenvalue weighted by Gasteiger charge is 2.36. The molecule has 1 aromatic rings. The maximum absolute atomic E-state index is 13.2. The number of alkyl halides is 3. The Morgan fingerprint density at radius 1 is 1.00 bits per heavy atom. The number of benzene rings is 1. The van der Waals surface area contributed by atoms with Crippen LogP contribution in [0.15, 0.2) is 59.5 Å². The standard InChI is InChI=1S/C25H26F3NO4S/c1-16(2)17-10-12-19-18(15-21(24(30)31)20(19)13-11-17)7-5-6-14-29-34(32,33)23-9-4-3-8-22(23)25(26,27)28/h3-4,8-13,15-16,29H,5-7,14H2,1-2H3,(H,30,31). The molecule has 2 N–H and O–H groups in total. The van der Waals surface area contributed by atoms with Crippen LogP contribution in [0.25, 0.3) is 11.1 Å². The zero-order valence-electron chi connectivity index (χ0n) is 18.8. The molecule has 0 atom stereocenters. The molecule has 0 aliphatic heterocycles. The van der Waals surface area contributed by atoms with Crippen LogP contribution in [-0.2, 0) is 22.6 Å². The number of nitrogens with one attached hydrogen (secondary N) is 1. The van der Waals surface area contributed by atoms with Gasteiger partial charge in [0.1, 0.15) is 0 Å². The van der Waals surface area contributed by atoms with Gasteiger partial charge in [-0.05, 0) is 65.6 Å². The molecule has 1 aromatic carbocycles. The van der Waals surface area contributed by atoms with Gasteiger partial charge in [-0.3, -0.25) is 0 Å². The van der Waals surface area contributed by atoms with Crippen molar-refractivity contribution < 1.29 is 31.5 Å². The van der Waals surface area contributed by atoms with Gasteiger partial charge in [0, 0.05) is 6.54 Å². The van der Waals surface area contributed by atoms with Gasteiger partial charge in [-0.25, -0.2) is 17.9 Å². The zero-order valence-corrected chi connectivity index (χ0v) is 19.6. The molecule has 2 aliphatic rings. The number of carboxylic acid groups (broad SMARTS) is 1. The van der Waals surface area contributed by atoms with Crippen LogP contribution >= 0.6 is 0 Å². The normalized spacial score (nSPS) is 12.4. The number of carbonyl (C=O) groups is 1. The van der Waals surface area contributed by atoms with Crippen molar-refractivity contribution in [2.45, 2.75) is 50.1 Å². The minimum Gasteiger partial charge on any atom is -0.478 e. The minimum atomic E-state index is -4.78. The molecule has 0 heterocycles. The van der Waals surface area contributed by atoms with E-state index in [1.165, 1.54) is 6.07 Å². The van der Waals surface area contributed by atoms with Crippen molar-refractivity contribution in [1.82, 2.24) is 4.72 Å². The molecule has 34 heavy (non-hydrogen) atoms. The first-order chi connectivity index (χ1) is 15.9. The maximum atomic E-state index is 13.2. The van der Waals surface area contributed by atoms with Gasteiger partial charge in [-0.15, -0.1) is 0 Å². The largest absolute Gasteiger partial charge is 0.478 e. The van der Waals surface area contributed by atoms with Crippen LogP contribution in [0.3, 0.4) is 0 Å². The molecule has 0 radical (unpaired) electrons. The molecule has 3 rings (SSSR count). The number of halogens is 3. The van der Waals surface area contributed by atoms with Crippen molar-refractivity contribution >= 4 is 16.0 Å². The fourth-order valence-corrected chi connectivity index (χ4v) is 5.17. The van der Waals surface area contributed by atoms with Gasteiger partial charge < -0.3 is 5.11 Å². The second-order valence-electron chi connectivity index (χ2n) is 8.39. The third kappa shape index (κ3) is 5.77. The Morgan fingerprint density at radius 2 is 1.65 bits per heavy atom. The average Bonchev–Trinajstić information content (AvgIpc) is 2.95. The van der Waals surface area contributed by atoms with Gasteiger partial charge in [0.15, 0.2) is 0 Å². The zero-order chi connectivity index (χ0) is 25.1. The third-order valence-corrected chi connectivity index (χ3v) is 7.19. The number of unbranched alkanes of at least 4 members (excludes halogenated alkanes) is 1. The average molecular weight is 494 g/mol. The minimum absolute atomic E-state index is 0.0375. The molecular formula is C25H26F3NO4S. The molecule has 2 aliphatic carbocycles. The molecule has 5 nitrogen and oxygen atoms in total. The van der Waals surface area contributed by atoms with E-state index >= 15 is 0 Å². The van der Waals surface area contributed by atoms with Gasteiger partial charge in [0.2, 0.25) is 10.0 Å². The molecule has 0 fully saturated rings. The molecule has 0 aromatic heterocycles. The maximum Gasteiger partial charge on any atom is 0.417 e. The van der Waals surface area contributed by atoms with Gasteiger partial charge in [-0.2, -0.15) is 13.2 Å². The lowest BCUT2D eigenvalue weighted by Crippen LogP contribution is -2.27. The lowest BCUT2D eigenvalue weighted by atomic mass is 10.0. The summed E-state index contributed by atoms with van der Waals surface area (Å²) in [7, 11) is -4.33. The van der Waals surface area contributed by atoms with E-state index in [2.05, 4.69) is 4.72 Å². The predicted molar refractivity (Wildman–Crippen MR) is 124 cm³/mol. The van der Waals surface area contributed by atoms with Crippen molar-refractivity contribution in [3.05, 3.63) is 76.9 Å². The molecule has 0 saturated heterocycles. The van der Waals surface area contributed by atoms with Gasteiger partial charge >= 0.3 is 12.1 Å². The van der Waals surface area contributed by atoms with Gasteiger partial charge in [-0.1, -0.05) is 50.2 Å². The summed E-state index contributed by atoms with van der Waals surface area (Å²) in [6.07, 6.45) is -3.38. The van der Waals surface area contributed by atoms with E-state index in [0.717, 1.165) is 34.9 Å². The molecule has 0 spiro atoms. The van der Waals surface area contributed by atoms with E-state index < -0.39 is 32.6 Å². The quantitative estimate of drug-likeness (QED) is 0.362. The number of carboxylic acids is 1. The Kier molecular flexibility index (Phi) is 7.67. The number of hydrogen-bond donors (Lipinski definition) is 2. The Hall–Kier alpha value is -2.91. The second-order valence-corrected chi connectivity index (χ2v) is 10.1. The van der Waals surface area contributed by atoms with E-state index in [1.807, 2.05) is 38.1 Å². The van der Waals surface area contributed by atoms with Crippen molar-refractivity contribution in [2.75, 3.05) is 6.54 Å². The van der Waals surface area contributed by atoms with Crippen molar-refractivity contribution in [3.63, 3.8) is 0 Å². The van der Waals surface area contributed by atoms with E-state index in [0.29, 0.717) is 24.8 Å². The van der Waals surface area contributed by atoms with Crippen molar-refractivity contribution in [2.24, 2.45) is 0 Å². The summed E-state index contributed by atoms with van der Waals surface area (Å²) in [4.78, 5) is 10.9. The van der Waals surface area contributed by atoms with E-state index in [4.69, 9.17) is 0 Å². The first-order valence-electron chi connectivity index (χ1n) is 10.9. The predicted octanol–water partition coefficient (Wildman–Crippen LogP) is 5.93. The summed E-state index contributed by atoms with van der Waals surface area (Å²) in [6, 6.07) is 13.3. The number of aryl methyl sites for hydroxylation is 1. The first-order valence-corrected chi connectivity index (χ1v) is 12.3. The van der Waals surface area contributed by atoms with Crippen molar-refractivity contribution in [3.8, 4) is 11.1 Å². The van der Waals surface area contributed by atoms with Crippen LogP contribution in [-0.4, -0.2) is 26.0 Å². The molecule has 0 bridgehead atoms. The highest BCUT2D eigenvalue weighted by Crippen LogP contribution is 2.35. The smallest absolute Gasteiger partial charge is 0.417 e. The Balaban J connectivity index is 1.69. The summed E-state index contributed by atoms with van der Waals surface area (Å²) in [5.74, 6) is -0.742. The summed E-state index contributed by atoms with van der Waals surface area (Å²) in [6.45, 7) is 4.06. The Labute approximate surface area is 197 Å². The van der Waals surface area contributed by atoms with Crippen LogP contribution in [0.4, 0.5) is 13.2 Å². The highest BCUT2D eigenvalue weighted by molar-refractivity contribution is 7.89. The Bertz CT molecular complexity index is 1250. The van der Waals surface area contributed by atoms with Crippen LogP contribution < -0.4 is 4.72 Å². The number of rotatable bonds is 9. The molecule has 9 heteroatoms. The lowest BCUT2D eigenvalue weighted by Gasteiger charge is -2.13. The highest BCUT2D eigenvalue weighted by atomic mass is 32.2. The van der Waals surface area contributed by atoms with E-state index in [9.17, 15) is 31.5 Å². The summed E-state index contributed by atoms with van der Waals surface area (Å²) < 4.78 is 66.6. The molecule has 182 valence electrons. The Morgan fingerprint density at radius 3 is 2.26 bits per heavy atom. The number of fused-ring (bicyclic) bond motifs is 1. The SMILES string of the molecule is CC(C)c1ccc2c(CCCCNS(=O)(=O)c3ccccc3C(F)(F)F)cc(C(=O)O)c-2cc1. The van der Waals surface area contributed by atoms with E-state index in [-0.39, 0.29) is 18.0 Å². The topological polar surface area (TPSA) is 83.5 Å². The fourth-order valence-electron chi connectivity index (χ4n) is 3.87. The van der Waals surface area contributed by atoms with Crippen LogP contribution in [0.2, 0.25) is 0 Å². The molecule has 0 unspecified atom stereocenters. The summed E-state index contributed by atoms with van der Waals surface area (Å²) in [5.41, 5.74) is 2.37. The number of hydrogen-bond acceptors (Lipinski definition) is 3. The molecule has 0 amide bonds.